The Morgan fingerprint density at radius 2 is 1.76 bits per heavy atom. The number of benzene rings is 2. The highest BCUT2D eigenvalue weighted by molar-refractivity contribution is 6.04. The van der Waals surface area contributed by atoms with Crippen LogP contribution in [0.4, 0.5) is 25.0 Å². The molecular formula is C14H10F2N2O3. The van der Waals surface area contributed by atoms with E-state index < -0.39 is 23.6 Å². The molecule has 3 N–H and O–H groups in total. The molecule has 0 aliphatic heterocycles. The fraction of sp³-hybridized carbons (Fsp3) is 0. The van der Waals surface area contributed by atoms with E-state index in [4.69, 9.17) is 5.11 Å². The van der Waals surface area contributed by atoms with Crippen LogP contribution in [-0.2, 0) is 0 Å². The number of hydrogen-bond donors (Lipinski definition) is 3. The van der Waals surface area contributed by atoms with Crippen molar-refractivity contribution >= 4 is 23.4 Å². The lowest BCUT2D eigenvalue weighted by Gasteiger charge is -2.09. The van der Waals surface area contributed by atoms with Crippen LogP contribution < -0.4 is 10.6 Å². The standard InChI is InChI=1S/C14H10F2N2O3/c15-9-3-1-2-8(6-9)13(19)18-12-7-10(17-14(20)21)4-5-11(12)16/h1-7,17H,(H,18,19)(H,20,21). The van der Waals surface area contributed by atoms with Gasteiger partial charge in [-0.25, -0.2) is 13.6 Å². The van der Waals surface area contributed by atoms with Crippen molar-refractivity contribution in [2.75, 3.05) is 10.6 Å². The molecule has 0 heterocycles. The van der Waals surface area contributed by atoms with Gasteiger partial charge in [0.1, 0.15) is 11.6 Å². The average molecular weight is 292 g/mol. The third kappa shape index (κ3) is 3.75. The third-order valence-corrected chi connectivity index (χ3v) is 2.55. The molecule has 0 spiro atoms. The summed E-state index contributed by atoms with van der Waals surface area (Å²) in [6.07, 6.45) is -1.32. The van der Waals surface area contributed by atoms with Gasteiger partial charge in [-0.3, -0.25) is 10.1 Å². The predicted octanol–water partition coefficient (Wildman–Crippen LogP) is 3.31. The van der Waals surface area contributed by atoms with Crippen LogP contribution in [0.25, 0.3) is 0 Å². The number of carbonyl (C=O) groups excluding carboxylic acids is 1. The third-order valence-electron chi connectivity index (χ3n) is 2.55. The Balaban J connectivity index is 2.22. The largest absolute Gasteiger partial charge is 0.465 e. The lowest BCUT2D eigenvalue weighted by Crippen LogP contribution is -2.14. The van der Waals surface area contributed by atoms with Gasteiger partial charge in [0.15, 0.2) is 0 Å². The molecule has 2 amide bonds. The van der Waals surface area contributed by atoms with Crippen molar-refractivity contribution in [3.8, 4) is 0 Å². The second-order valence-electron chi connectivity index (χ2n) is 4.09. The van der Waals surface area contributed by atoms with E-state index in [0.717, 1.165) is 18.2 Å². The zero-order valence-corrected chi connectivity index (χ0v) is 10.6. The van der Waals surface area contributed by atoms with Crippen LogP contribution in [0.1, 0.15) is 10.4 Å². The number of hydrogen-bond acceptors (Lipinski definition) is 2. The number of carboxylic acid groups (broad SMARTS) is 1. The van der Waals surface area contributed by atoms with Crippen LogP contribution in [0.3, 0.4) is 0 Å². The van der Waals surface area contributed by atoms with Crippen molar-refractivity contribution in [1.29, 1.82) is 0 Å². The van der Waals surface area contributed by atoms with E-state index in [0.29, 0.717) is 0 Å². The number of halogens is 2. The Morgan fingerprint density at radius 3 is 2.43 bits per heavy atom. The van der Waals surface area contributed by atoms with E-state index in [-0.39, 0.29) is 16.9 Å². The van der Waals surface area contributed by atoms with Gasteiger partial charge in [-0.05, 0) is 36.4 Å². The summed E-state index contributed by atoms with van der Waals surface area (Å²) in [6, 6.07) is 8.24. The quantitative estimate of drug-likeness (QED) is 0.812. The molecule has 2 aromatic rings. The number of nitrogens with one attached hydrogen (secondary N) is 2. The lowest BCUT2D eigenvalue weighted by molar-refractivity contribution is 0.102. The van der Waals surface area contributed by atoms with Gasteiger partial charge in [-0.2, -0.15) is 0 Å². The molecule has 108 valence electrons. The minimum Gasteiger partial charge on any atom is -0.465 e. The van der Waals surface area contributed by atoms with Gasteiger partial charge < -0.3 is 10.4 Å². The summed E-state index contributed by atoms with van der Waals surface area (Å²) in [5.74, 6) is -2.04. The Morgan fingerprint density at radius 1 is 1.00 bits per heavy atom. The van der Waals surface area contributed by atoms with Crippen molar-refractivity contribution in [2.24, 2.45) is 0 Å². The van der Waals surface area contributed by atoms with Gasteiger partial charge in [0.2, 0.25) is 0 Å². The van der Waals surface area contributed by atoms with Crippen LogP contribution in [0.5, 0.6) is 0 Å². The number of amides is 2. The van der Waals surface area contributed by atoms with Crippen molar-refractivity contribution < 1.29 is 23.5 Å². The van der Waals surface area contributed by atoms with E-state index >= 15 is 0 Å². The molecule has 2 rings (SSSR count). The van der Waals surface area contributed by atoms with Gasteiger partial charge >= 0.3 is 6.09 Å². The summed E-state index contributed by atoms with van der Waals surface area (Å²) in [5, 5.41) is 12.9. The highest BCUT2D eigenvalue weighted by Gasteiger charge is 2.11. The van der Waals surface area contributed by atoms with E-state index in [9.17, 15) is 18.4 Å². The first-order chi connectivity index (χ1) is 9.95. The lowest BCUT2D eigenvalue weighted by atomic mass is 10.2. The molecule has 0 radical (unpaired) electrons. The Hall–Kier alpha value is -2.96. The maximum absolute atomic E-state index is 13.6. The zero-order chi connectivity index (χ0) is 15.4. The minimum atomic E-state index is -1.32. The van der Waals surface area contributed by atoms with Crippen molar-refractivity contribution in [1.82, 2.24) is 0 Å². The highest BCUT2D eigenvalue weighted by atomic mass is 19.1. The molecule has 0 atom stereocenters. The van der Waals surface area contributed by atoms with Crippen molar-refractivity contribution in [2.45, 2.75) is 0 Å². The van der Waals surface area contributed by atoms with Crippen LogP contribution in [-0.4, -0.2) is 17.1 Å². The minimum absolute atomic E-state index is 0.0194. The zero-order valence-electron chi connectivity index (χ0n) is 10.6. The summed E-state index contributed by atoms with van der Waals surface area (Å²) >= 11 is 0. The molecule has 21 heavy (non-hydrogen) atoms. The monoisotopic (exact) mass is 292 g/mol. The van der Waals surface area contributed by atoms with Gasteiger partial charge in [0.05, 0.1) is 5.69 Å². The summed E-state index contributed by atoms with van der Waals surface area (Å²) in [5.41, 5.74) is -0.0973. The predicted molar refractivity (Wildman–Crippen MR) is 72.4 cm³/mol. The Bertz CT molecular complexity index is 704. The molecule has 0 fully saturated rings. The molecular weight excluding hydrogens is 282 g/mol. The van der Waals surface area contributed by atoms with Gasteiger partial charge in [-0.1, -0.05) is 6.07 Å². The van der Waals surface area contributed by atoms with E-state index in [2.05, 4.69) is 5.32 Å². The second-order valence-corrected chi connectivity index (χ2v) is 4.09. The molecule has 7 heteroatoms. The first-order valence-corrected chi connectivity index (χ1v) is 5.82. The fourth-order valence-electron chi connectivity index (χ4n) is 1.65. The normalized spacial score (nSPS) is 10.0. The first-order valence-electron chi connectivity index (χ1n) is 5.82. The topological polar surface area (TPSA) is 78.4 Å². The Kier molecular flexibility index (Phi) is 4.13. The maximum Gasteiger partial charge on any atom is 0.409 e. The molecule has 2 aromatic carbocycles. The maximum atomic E-state index is 13.6. The average Bonchev–Trinajstić information content (AvgIpc) is 2.42. The van der Waals surface area contributed by atoms with Gasteiger partial charge in [-0.15, -0.1) is 0 Å². The SMILES string of the molecule is O=C(O)Nc1ccc(F)c(NC(=O)c2cccc(F)c2)c1. The molecule has 0 aliphatic carbocycles. The van der Waals surface area contributed by atoms with E-state index in [1.165, 1.54) is 24.3 Å². The summed E-state index contributed by atoms with van der Waals surface area (Å²) in [7, 11) is 0. The molecule has 0 saturated heterocycles. The fourth-order valence-corrected chi connectivity index (χ4v) is 1.65. The van der Waals surface area contributed by atoms with E-state index in [1.54, 1.807) is 0 Å². The summed E-state index contributed by atoms with van der Waals surface area (Å²) in [4.78, 5) is 22.4. The number of carbonyl (C=O) groups is 2. The molecule has 0 saturated carbocycles. The smallest absolute Gasteiger partial charge is 0.409 e. The summed E-state index contributed by atoms with van der Waals surface area (Å²) in [6.45, 7) is 0. The number of rotatable bonds is 3. The highest BCUT2D eigenvalue weighted by Crippen LogP contribution is 2.20. The first kappa shape index (κ1) is 14.4. The van der Waals surface area contributed by atoms with Crippen LogP contribution in [0, 0.1) is 11.6 Å². The molecule has 0 bridgehead atoms. The molecule has 5 nitrogen and oxygen atoms in total. The second kappa shape index (κ2) is 6.00. The van der Waals surface area contributed by atoms with Crippen molar-refractivity contribution in [3.05, 3.63) is 59.7 Å². The molecule has 0 aromatic heterocycles. The van der Waals surface area contributed by atoms with Crippen molar-refractivity contribution in [3.63, 3.8) is 0 Å². The van der Waals surface area contributed by atoms with Crippen LogP contribution in [0.2, 0.25) is 0 Å². The summed E-state index contributed by atoms with van der Waals surface area (Å²) < 4.78 is 26.6. The Labute approximate surface area is 118 Å². The van der Waals surface area contributed by atoms with Gasteiger partial charge in [0.25, 0.3) is 5.91 Å². The molecule has 0 aliphatic rings. The van der Waals surface area contributed by atoms with Crippen LogP contribution >= 0.6 is 0 Å². The van der Waals surface area contributed by atoms with Crippen LogP contribution in [0.15, 0.2) is 42.5 Å². The van der Waals surface area contributed by atoms with E-state index in [1.807, 2.05) is 5.32 Å². The number of anilines is 2. The molecule has 0 unspecified atom stereocenters. The van der Waals surface area contributed by atoms with Gasteiger partial charge in [0, 0.05) is 11.3 Å².